The van der Waals surface area contributed by atoms with Crippen LogP contribution in [0.3, 0.4) is 0 Å². The van der Waals surface area contributed by atoms with Crippen molar-refractivity contribution < 1.29 is 53.3 Å². The number of carbonyl (C=O) groups is 2. The molecule has 8 aromatic carbocycles. The first kappa shape index (κ1) is 64.4. The molecule has 2 aliphatic rings. The summed E-state index contributed by atoms with van der Waals surface area (Å²) in [5.74, 6) is -1.14. The van der Waals surface area contributed by atoms with E-state index in [4.69, 9.17) is 18.1 Å². The lowest BCUT2D eigenvalue weighted by Gasteiger charge is -2.32. The lowest BCUT2D eigenvalue weighted by molar-refractivity contribution is 0.00578. The van der Waals surface area contributed by atoms with Crippen LogP contribution in [0, 0.1) is 11.6 Å². The smallest absolute Gasteiger partial charge is 0.455 e. The van der Waals surface area contributed by atoms with E-state index in [0.29, 0.717) is 49.9 Å². The number of allylic oxidation sites excluding steroid dienone is 1. The fourth-order valence-electron chi connectivity index (χ4n) is 11.1. The number of nitrogens with one attached hydrogen (secondary N) is 3. The molecule has 0 saturated carbocycles. The highest BCUT2D eigenvalue weighted by atomic mass is 79.9. The van der Waals surface area contributed by atoms with Crippen LogP contribution in [-0.4, -0.2) is 92.7 Å². The Morgan fingerprint density at radius 2 is 1.07 bits per heavy atom. The number of aromatic amines is 1. The van der Waals surface area contributed by atoms with Crippen molar-refractivity contribution in [3.8, 4) is 45.0 Å². The molecular formula is C71H65BBrF2N5O10S2. The maximum Gasteiger partial charge on any atom is 0.497 e. The van der Waals surface area contributed by atoms with E-state index in [-0.39, 0.29) is 34.1 Å². The van der Waals surface area contributed by atoms with Gasteiger partial charge in [-0.15, -0.1) is 0 Å². The number of benzene rings is 8. The summed E-state index contributed by atoms with van der Waals surface area (Å²) in [5.41, 5.74) is 11.7. The summed E-state index contributed by atoms with van der Waals surface area (Å²) in [5, 5.41) is 7.17. The van der Waals surface area contributed by atoms with E-state index >= 15 is 0 Å². The molecule has 3 N–H and O–H groups in total. The predicted octanol–water partition coefficient (Wildman–Crippen LogP) is 14.6. The van der Waals surface area contributed by atoms with Crippen LogP contribution >= 0.6 is 15.9 Å². The van der Waals surface area contributed by atoms with E-state index in [1.54, 1.807) is 24.3 Å². The summed E-state index contributed by atoms with van der Waals surface area (Å²) in [7, 11) is -2.28. The van der Waals surface area contributed by atoms with Gasteiger partial charge in [-0.3, -0.25) is 18.2 Å². The maximum absolute atomic E-state index is 13.7. The standard InChI is InChI=1S/C32H26FN3O4S.C24H28BFN2O6S.C15H11Br/c1-34-32(37)30-25-17-24(21-11-14-26-22(15-21)16-27(35-26)19-7-5-4-6-8-19)28(36(2)41(3,38)39)18-29(25)40-31(30)20-9-12-23(33)13-10-20;1-23(2)24(3,4)34-25(33-23)17-12-16-19(13-18(17)28(6)35(7,30)31)32-21(20(16)22(29)27-5)14-8-10-15(26)11-9-14;16-15-7-6-12-8-13(9-14(12)10-15)11-4-2-1-3-5-11/h4-18,35H,1-3H3,(H,34,37);8-13H,1-7H3,(H,27,29);1-7,9-10H,8H2. The zero-order chi connectivity index (χ0) is 65.8. The van der Waals surface area contributed by atoms with Crippen molar-refractivity contribution in [2.75, 3.05) is 49.3 Å². The molecule has 1 aliphatic heterocycles. The minimum Gasteiger partial charge on any atom is -0.455 e. The van der Waals surface area contributed by atoms with Gasteiger partial charge in [-0.1, -0.05) is 94.8 Å². The lowest BCUT2D eigenvalue weighted by Crippen LogP contribution is -2.41. The monoisotopic (exact) mass is 1340 g/mol. The van der Waals surface area contributed by atoms with Crippen LogP contribution in [0.15, 0.2) is 189 Å². The Morgan fingerprint density at radius 3 is 1.59 bits per heavy atom. The number of rotatable bonds is 12. The van der Waals surface area contributed by atoms with Crippen LogP contribution in [0.4, 0.5) is 20.2 Å². The van der Waals surface area contributed by atoms with E-state index in [9.17, 15) is 35.2 Å². The fourth-order valence-corrected chi connectivity index (χ4v) is 12.5. The Balaban J connectivity index is 0.000000153. The third-order valence-corrected chi connectivity index (χ3v) is 19.8. The number of H-pyrrole nitrogens is 1. The molecule has 0 atom stereocenters. The number of carbonyl (C=O) groups excluding carboxylic acids is 2. The topological polar surface area (TPSA) is 193 Å². The number of sulfonamides is 2. The molecule has 15 nitrogen and oxygen atoms in total. The van der Waals surface area contributed by atoms with Gasteiger partial charge < -0.3 is 33.8 Å². The molecule has 0 unspecified atom stereocenters. The average Bonchev–Trinajstić information content (AvgIpc) is 1.57. The van der Waals surface area contributed by atoms with E-state index in [0.717, 1.165) is 55.4 Å². The van der Waals surface area contributed by atoms with Gasteiger partial charge in [-0.05, 0) is 159 Å². The minimum atomic E-state index is -3.66. The van der Waals surface area contributed by atoms with Crippen LogP contribution < -0.4 is 24.7 Å². The number of furan rings is 2. The molecule has 11 aromatic rings. The van der Waals surface area contributed by atoms with E-state index in [1.807, 2.05) is 82.3 Å². The van der Waals surface area contributed by atoms with E-state index < -0.39 is 55.9 Å². The molecule has 92 heavy (non-hydrogen) atoms. The Bertz CT molecular complexity index is 4920. The van der Waals surface area contributed by atoms with Crippen LogP contribution in [-0.2, 0) is 35.8 Å². The maximum atomic E-state index is 13.7. The Morgan fingerprint density at radius 1 is 0.576 bits per heavy atom. The Labute approximate surface area is 541 Å². The average molecular weight is 1340 g/mol. The molecule has 2 amide bonds. The first-order valence-corrected chi connectivity index (χ1v) is 33.8. The molecule has 4 heterocycles. The van der Waals surface area contributed by atoms with Crippen molar-refractivity contribution in [2.45, 2.75) is 45.3 Å². The lowest BCUT2D eigenvalue weighted by atomic mass is 9.77. The molecular weight excluding hydrogens is 1280 g/mol. The first-order valence-electron chi connectivity index (χ1n) is 29.3. The number of halogens is 3. The van der Waals surface area contributed by atoms with E-state index in [1.165, 1.54) is 103 Å². The van der Waals surface area contributed by atoms with Gasteiger partial charge in [0.25, 0.3) is 11.8 Å². The highest BCUT2D eigenvalue weighted by Crippen LogP contribution is 2.44. The molecule has 1 aliphatic carbocycles. The number of anilines is 2. The number of amides is 2. The summed E-state index contributed by atoms with van der Waals surface area (Å²) in [6, 6.07) is 52.8. The number of nitrogens with zero attached hydrogens (tertiary/aromatic N) is 2. The summed E-state index contributed by atoms with van der Waals surface area (Å²) in [6.07, 6.45) is 5.56. The van der Waals surface area contributed by atoms with Gasteiger partial charge in [0.1, 0.15) is 34.3 Å². The first-order chi connectivity index (χ1) is 43.6. The van der Waals surface area contributed by atoms with Gasteiger partial charge in [0.05, 0.1) is 46.2 Å². The van der Waals surface area contributed by atoms with Gasteiger partial charge in [0.2, 0.25) is 20.0 Å². The van der Waals surface area contributed by atoms with Gasteiger partial charge >= 0.3 is 7.12 Å². The van der Waals surface area contributed by atoms with Crippen molar-refractivity contribution in [1.82, 2.24) is 15.6 Å². The van der Waals surface area contributed by atoms with Gasteiger partial charge in [0.15, 0.2) is 0 Å². The Hall–Kier alpha value is -9.12. The van der Waals surface area contributed by atoms with Crippen LogP contribution in [0.5, 0.6) is 0 Å². The van der Waals surface area contributed by atoms with E-state index in [2.05, 4.69) is 86.2 Å². The van der Waals surface area contributed by atoms with Crippen LogP contribution in [0.1, 0.15) is 65.1 Å². The van der Waals surface area contributed by atoms with Crippen molar-refractivity contribution in [3.63, 3.8) is 0 Å². The zero-order valence-electron chi connectivity index (χ0n) is 52.0. The minimum absolute atomic E-state index is 0.235. The number of aromatic nitrogens is 1. The third-order valence-electron chi connectivity index (χ3n) is 16.9. The molecule has 0 radical (unpaired) electrons. The van der Waals surface area contributed by atoms with Gasteiger partial charge in [0, 0.05) is 94.3 Å². The molecule has 21 heteroatoms. The summed E-state index contributed by atoms with van der Waals surface area (Å²) >= 11 is 3.51. The number of hydrogen-bond donors (Lipinski definition) is 3. The molecule has 470 valence electrons. The van der Waals surface area contributed by atoms with Crippen molar-refractivity contribution in [3.05, 3.63) is 220 Å². The van der Waals surface area contributed by atoms with Crippen molar-refractivity contribution in [1.29, 1.82) is 0 Å². The fraction of sp³-hybridized carbons (Fsp3) is 0.183. The van der Waals surface area contributed by atoms with Gasteiger partial charge in [-0.2, -0.15) is 0 Å². The summed E-state index contributed by atoms with van der Waals surface area (Å²) in [4.78, 5) is 29.5. The molecule has 3 aromatic heterocycles. The molecule has 1 fully saturated rings. The zero-order valence-corrected chi connectivity index (χ0v) is 55.3. The number of hydrogen-bond acceptors (Lipinski definition) is 10. The Kier molecular flexibility index (Phi) is 17.6. The van der Waals surface area contributed by atoms with Crippen molar-refractivity contribution >= 4 is 116 Å². The van der Waals surface area contributed by atoms with Crippen LogP contribution in [0.2, 0.25) is 0 Å². The van der Waals surface area contributed by atoms with Crippen LogP contribution in [0.25, 0.3) is 89.5 Å². The molecule has 0 bridgehead atoms. The summed E-state index contributed by atoms with van der Waals surface area (Å²) in [6.45, 7) is 7.58. The molecule has 0 spiro atoms. The highest BCUT2D eigenvalue weighted by molar-refractivity contribution is 9.10. The predicted molar refractivity (Wildman–Crippen MR) is 367 cm³/mol. The highest BCUT2D eigenvalue weighted by Gasteiger charge is 2.53. The number of fused-ring (bicyclic) bond motifs is 4. The normalized spacial score (nSPS) is 14.1. The largest absolute Gasteiger partial charge is 0.497 e. The molecule has 13 rings (SSSR count). The molecule has 1 saturated heterocycles. The second-order valence-electron chi connectivity index (χ2n) is 23.5. The SMILES string of the molecule is Brc1ccc2c(c1)C=C(c1ccccc1)C2.CNC(=O)c1c(-c2ccc(F)cc2)oc2cc(N(C)S(C)(=O)=O)c(-c3ccc4[nH]c(-c5ccccc5)cc4c3)cc12.CNC(=O)c1c(-c2ccc(F)cc2)oc2cc(N(C)S(C)(=O)=O)c(B3OC(C)(C)C(C)(C)O3)cc12. The van der Waals surface area contributed by atoms with Crippen molar-refractivity contribution in [2.24, 2.45) is 0 Å². The second-order valence-corrected chi connectivity index (χ2v) is 28.5. The second kappa shape index (κ2) is 25.2. The van der Waals surface area contributed by atoms with Gasteiger partial charge in [-0.25, -0.2) is 25.6 Å². The third kappa shape index (κ3) is 12.9. The quantitative estimate of drug-likeness (QED) is 0.0991. The summed E-state index contributed by atoms with van der Waals surface area (Å²) < 4.78 is 106.